The van der Waals surface area contributed by atoms with Gasteiger partial charge in [-0.15, -0.1) is 0 Å². The quantitative estimate of drug-likeness (QED) is 0.693. The monoisotopic (exact) mass is 376 g/mol. The maximum absolute atomic E-state index is 6.18. The van der Waals surface area contributed by atoms with Gasteiger partial charge in [-0.25, -0.2) is 0 Å². The molecular weight excluding hydrogens is 356 g/mol. The molecule has 0 amide bonds. The van der Waals surface area contributed by atoms with Crippen LogP contribution in [0, 0.1) is 0 Å². The minimum Gasteiger partial charge on any atom is -0.497 e. The molecule has 0 saturated carbocycles. The lowest BCUT2D eigenvalue weighted by molar-refractivity contribution is 0.414. The number of halogens is 1. The van der Waals surface area contributed by atoms with Crippen molar-refractivity contribution in [2.75, 3.05) is 13.7 Å². The standard InChI is InChI=1S/C23H21ClN2O/c1-27-21-10-8-18(9-11-21)23(14-22(25)26-15-23)19-6-2-4-16(12-19)17-5-3-7-20(24)13-17/h2-14,26H,15,25H2,1H3. The number of hydrogen-bond donors (Lipinski definition) is 2. The Balaban J connectivity index is 1.83. The molecular formula is C23H21ClN2O. The number of rotatable bonds is 4. The van der Waals surface area contributed by atoms with Crippen LogP contribution in [0.4, 0.5) is 0 Å². The van der Waals surface area contributed by atoms with E-state index in [4.69, 9.17) is 22.1 Å². The summed E-state index contributed by atoms with van der Waals surface area (Å²) >= 11 is 6.18. The van der Waals surface area contributed by atoms with E-state index in [1.807, 2.05) is 30.3 Å². The minimum atomic E-state index is -0.328. The van der Waals surface area contributed by atoms with Gasteiger partial charge in [0.15, 0.2) is 0 Å². The molecule has 1 heterocycles. The fourth-order valence-corrected chi connectivity index (χ4v) is 3.87. The van der Waals surface area contributed by atoms with Crippen LogP contribution in [0.15, 0.2) is 84.7 Å². The average molecular weight is 377 g/mol. The molecule has 3 aromatic rings. The number of nitrogens with one attached hydrogen (secondary N) is 1. The van der Waals surface area contributed by atoms with Gasteiger partial charge in [0, 0.05) is 11.6 Å². The summed E-state index contributed by atoms with van der Waals surface area (Å²) in [6.45, 7) is 0.712. The van der Waals surface area contributed by atoms with Crippen LogP contribution in [0.1, 0.15) is 11.1 Å². The molecule has 1 aliphatic heterocycles. The average Bonchev–Trinajstić information content (AvgIpc) is 3.11. The van der Waals surface area contributed by atoms with Gasteiger partial charge in [0.2, 0.25) is 0 Å². The predicted molar refractivity (Wildman–Crippen MR) is 111 cm³/mol. The van der Waals surface area contributed by atoms with Crippen molar-refractivity contribution >= 4 is 11.6 Å². The van der Waals surface area contributed by atoms with E-state index in [2.05, 4.69) is 53.9 Å². The molecule has 3 aromatic carbocycles. The summed E-state index contributed by atoms with van der Waals surface area (Å²) in [5, 5.41) is 4.02. The van der Waals surface area contributed by atoms with E-state index >= 15 is 0 Å². The van der Waals surface area contributed by atoms with Gasteiger partial charge in [0.25, 0.3) is 0 Å². The zero-order valence-corrected chi connectivity index (χ0v) is 15.8. The van der Waals surface area contributed by atoms with Crippen LogP contribution in [-0.2, 0) is 5.41 Å². The van der Waals surface area contributed by atoms with Crippen molar-refractivity contribution in [3.05, 3.63) is 101 Å². The highest BCUT2D eigenvalue weighted by molar-refractivity contribution is 6.30. The predicted octanol–water partition coefficient (Wildman–Crippen LogP) is 4.71. The van der Waals surface area contributed by atoms with Gasteiger partial charge in [-0.05, 0) is 58.7 Å². The molecule has 0 saturated heterocycles. The largest absolute Gasteiger partial charge is 0.497 e. The van der Waals surface area contributed by atoms with E-state index in [0.29, 0.717) is 12.4 Å². The summed E-state index contributed by atoms with van der Waals surface area (Å²) in [6.07, 6.45) is 2.10. The maximum atomic E-state index is 6.18. The third kappa shape index (κ3) is 3.26. The van der Waals surface area contributed by atoms with Crippen molar-refractivity contribution < 1.29 is 4.74 Å². The molecule has 0 aromatic heterocycles. The summed E-state index contributed by atoms with van der Waals surface area (Å²) in [4.78, 5) is 0. The topological polar surface area (TPSA) is 47.3 Å². The highest BCUT2D eigenvalue weighted by Crippen LogP contribution is 2.39. The first-order chi connectivity index (χ1) is 13.1. The molecule has 1 aliphatic rings. The molecule has 3 N–H and O–H groups in total. The van der Waals surface area contributed by atoms with Crippen LogP contribution >= 0.6 is 11.6 Å². The zero-order chi connectivity index (χ0) is 18.9. The summed E-state index contributed by atoms with van der Waals surface area (Å²) in [6, 6.07) is 24.6. The lowest BCUT2D eigenvalue weighted by atomic mass is 9.75. The lowest BCUT2D eigenvalue weighted by Gasteiger charge is -2.28. The first-order valence-electron chi connectivity index (χ1n) is 8.84. The molecule has 0 spiro atoms. The molecule has 0 bridgehead atoms. The third-order valence-electron chi connectivity index (χ3n) is 5.11. The normalized spacial score (nSPS) is 18.7. The highest BCUT2D eigenvalue weighted by Gasteiger charge is 2.36. The van der Waals surface area contributed by atoms with Gasteiger partial charge in [0.1, 0.15) is 5.75 Å². The van der Waals surface area contributed by atoms with Gasteiger partial charge in [-0.1, -0.05) is 54.1 Å². The Morgan fingerprint density at radius 2 is 1.63 bits per heavy atom. The number of nitrogens with two attached hydrogens (primary N) is 1. The second-order valence-electron chi connectivity index (χ2n) is 6.74. The summed E-state index contributed by atoms with van der Waals surface area (Å²) in [7, 11) is 1.67. The molecule has 0 aliphatic carbocycles. The van der Waals surface area contributed by atoms with E-state index in [1.165, 1.54) is 11.1 Å². The Bertz CT molecular complexity index is 997. The van der Waals surface area contributed by atoms with Crippen LogP contribution in [0.25, 0.3) is 11.1 Å². The summed E-state index contributed by atoms with van der Waals surface area (Å²) in [5.74, 6) is 1.53. The molecule has 4 rings (SSSR count). The van der Waals surface area contributed by atoms with E-state index in [1.54, 1.807) is 7.11 Å². The van der Waals surface area contributed by atoms with Crippen molar-refractivity contribution in [2.24, 2.45) is 5.73 Å². The first-order valence-corrected chi connectivity index (χ1v) is 9.22. The molecule has 3 nitrogen and oxygen atoms in total. The van der Waals surface area contributed by atoms with Gasteiger partial charge in [-0.3, -0.25) is 0 Å². The third-order valence-corrected chi connectivity index (χ3v) is 5.35. The molecule has 0 fully saturated rings. The highest BCUT2D eigenvalue weighted by atomic mass is 35.5. The van der Waals surface area contributed by atoms with Crippen molar-refractivity contribution in [3.8, 4) is 16.9 Å². The summed E-state index contributed by atoms with van der Waals surface area (Å²) < 4.78 is 5.31. The van der Waals surface area contributed by atoms with Crippen molar-refractivity contribution in [3.63, 3.8) is 0 Å². The molecule has 1 unspecified atom stereocenters. The van der Waals surface area contributed by atoms with E-state index in [-0.39, 0.29) is 5.41 Å². The van der Waals surface area contributed by atoms with Gasteiger partial charge >= 0.3 is 0 Å². The van der Waals surface area contributed by atoms with E-state index < -0.39 is 0 Å². The lowest BCUT2D eigenvalue weighted by Crippen LogP contribution is -2.31. The molecule has 0 radical (unpaired) electrons. The number of methoxy groups -OCH3 is 1. The zero-order valence-electron chi connectivity index (χ0n) is 15.1. The Labute approximate surface area is 164 Å². The van der Waals surface area contributed by atoms with Gasteiger partial charge < -0.3 is 15.8 Å². The SMILES string of the molecule is COc1ccc(C2(c3cccc(-c4cccc(Cl)c4)c3)C=C(N)NC2)cc1. The van der Waals surface area contributed by atoms with Gasteiger partial charge in [0.05, 0.1) is 18.3 Å². The second-order valence-corrected chi connectivity index (χ2v) is 7.18. The molecule has 4 heteroatoms. The van der Waals surface area contributed by atoms with E-state index in [0.717, 1.165) is 21.9 Å². The number of hydrogen-bond acceptors (Lipinski definition) is 3. The van der Waals surface area contributed by atoms with Crippen molar-refractivity contribution in [1.82, 2.24) is 5.32 Å². The van der Waals surface area contributed by atoms with Gasteiger partial charge in [-0.2, -0.15) is 0 Å². The smallest absolute Gasteiger partial charge is 0.118 e. The second kappa shape index (κ2) is 7.01. The number of ether oxygens (including phenoxy) is 1. The summed E-state index contributed by atoms with van der Waals surface area (Å²) in [5.41, 5.74) is 10.4. The first kappa shape index (κ1) is 17.5. The molecule has 136 valence electrons. The molecule has 1 atom stereocenters. The Morgan fingerprint density at radius 1 is 0.926 bits per heavy atom. The van der Waals surface area contributed by atoms with Crippen molar-refractivity contribution in [1.29, 1.82) is 0 Å². The maximum Gasteiger partial charge on any atom is 0.118 e. The van der Waals surface area contributed by atoms with Crippen LogP contribution < -0.4 is 15.8 Å². The van der Waals surface area contributed by atoms with Crippen LogP contribution in [0.3, 0.4) is 0 Å². The Hall–Kier alpha value is -2.91. The van der Waals surface area contributed by atoms with Crippen LogP contribution in [0.2, 0.25) is 5.02 Å². The fourth-order valence-electron chi connectivity index (χ4n) is 3.68. The molecule has 27 heavy (non-hydrogen) atoms. The Kier molecular flexibility index (Phi) is 4.54. The van der Waals surface area contributed by atoms with Crippen LogP contribution in [-0.4, -0.2) is 13.7 Å². The fraction of sp³-hybridized carbons (Fsp3) is 0.130. The van der Waals surface area contributed by atoms with E-state index in [9.17, 15) is 0 Å². The Morgan fingerprint density at radius 3 is 2.26 bits per heavy atom. The van der Waals surface area contributed by atoms with Crippen LogP contribution in [0.5, 0.6) is 5.75 Å². The number of benzene rings is 3. The van der Waals surface area contributed by atoms with Crippen molar-refractivity contribution in [2.45, 2.75) is 5.41 Å². The minimum absolute atomic E-state index is 0.328.